The highest BCUT2D eigenvalue weighted by molar-refractivity contribution is 5.94. The van der Waals surface area contributed by atoms with Crippen LogP contribution in [0, 0.1) is 5.41 Å². The Morgan fingerprint density at radius 1 is 1.08 bits per heavy atom. The first-order chi connectivity index (χ1) is 12.6. The molecule has 5 heteroatoms. The summed E-state index contributed by atoms with van der Waals surface area (Å²) >= 11 is 0. The smallest absolute Gasteiger partial charge is 0.317 e. The third kappa shape index (κ3) is 4.63. The van der Waals surface area contributed by atoms with E-state index in [2.05, 4.69) is 17.4 Å². The van der Waals surface area contributed by atoms with Crippen molar-refractivity contribution in [1.82, 2.24) is 10.2 Å². The van der Waals surface area contributed by atoms with Crippen LogP contribution in [0.5, 0.6) is 0 Å². The van der Waals surface area contributed by atoms with Crippen molar-refractivity contribution in [2.45, 2.75) is 38.3 Å². The Kier molecular flexibility index (Phi) is 5.89. The van der Waals surface area contributed by atoms with Gasteiger partial charge in [-0.2, -0.15) is 0 Å². The van der Waals surface area contributed by atoms with Crippen LogP contribution in [-0.2, 0) is 13.0 Å². The quantitative estimate of drug-likeness (QED) is 0.571. The lowest BCUT2D eigenvalue weighted by molar-refractivity contribution is 0.150. The van der Waals surface area contributed by atoms with Crippen molar-refractivity contribution < 1.29 is 4.79 Å². The molecule has 2 aromatic carbocycles. The molecule has 1 aliphatic heterocycles. The molecule has 1 unspecified atom stereocenters. The number of nitrogens with two attached hydrogens (primary N) is 1. The van der Waals surface area contributed by atoms with Crippen molar-refractivity contribution in [3.8, 4) is 0 Å². The fourth-order valence-electron chi connectivity index (χ4n) is 3.45. The van der Waals surface area contributed by atoms with Crippen LogP contribution in [0.2, 0.25) is 0 Å². The van der Waals surface area contributed by atoms with Crippen molar-refractivity contribution >= 4 is 11.9 Å². The second-order valence-corrected chi connectivity index (χ2v) is 6.80. The Hall–Kier alpha value is -2.82. The molecule has 0 spiro atoms. The van der Waals surface area contributed by atoms with Crippen LogP contribution in [-0.4, -0.2) is 29.4 Å². The number of hydrogen-bond acceptors (Lipinski definition) is 2. The molecule has 4 N–H and O–H groups in total. The van der Waals surface area contributed by atoms with Crippen molar-refractivity contribution in [1.29, 1.82) is 5.41 Å². The van der Waals surface area contributed by atoms with Gasteiger partial charge in [0.2, 0.25) is 0 Å². The summed E-state index contributed by atoms with van der Waals surface area (Å²) in [5.74, 6) is 0.0534. The van der Waals surface area contributed by atoms with Crippen LogP contribution >= 0.6 is 0 Å². The average Bonchev–Trinajstić information content (AvgIpc) is 2.67. The standard InChI is InChI=1S/C21H26N4O/c22-20(23)18-11-9-17(10-12-18)15-24-21(26)25-13-5-4-8-19(25)14-16-6-2-1-3-7-16/h1-3,6-7,9-12,19H,4-5,8,13-15H2,(H3,22,23)(H,24,26). The van der Waals surface area contributed by atoms with Crippen molar-refractivity contribution in [2.24, 2.45) is 5.73 Å². The lowest BCUT2D eigenvalue weighted by Crippen LogP contribution is -2.49. The molecular formula is C21H26N4O. The molecule has 0 aromatic heterocycles. The first-order valence-electron chi connectivity index (χ1n) is 9.15. The molecule has 3 rings (SSSR count). The van der Waals surface area contributed by atoms with Crippen LogP contribution < -0.4 is 11.1 Å². The summed E-state index contributed by atoms with van der Waals surface area (Å²) in [5, 5.41) is 10.5. The van der Waals surface area contributed by atoms with Gasteiger partial charge in [0.25, 0.3) is 0 Å². The third-order valence-electron chi connectivity index (χ3n) is 4.91. The van der Waals surface area contributed by atoms with E-state index in [4.69, 9.17) is 11.1 Å². The van der Waals surface area contributed by atoms with E-state index in [1.807, 2.05) is 47.4 Å². The molecule has 0 radical (unpaired) electrons. The van der Waals surface area contributed by atoms with Gasteiger partial charge in [0.15, 0.2) is 0 Å². The maximum atomic E-state index is 12.7. The fourth-order valence-corrected chi connectivity index (χ4v) is 3.45. The number of piperidine rings is 1. The minimum absolute atomic E-state index is 0.00118. The second-order valence-electron chi connectivity index (χ2n) is 6.80. The molecule has 1 fully saturated rings. The number of likely N-dealkylation sites (tertiary alicyclic amines) is 1. The van der Waals surface area contributed by atoms with Crippen LogP contribution in [0.3, 0.4) is 0 Å². The first kappa shape index (κ1) is 18.0. The average molecular weight is 350 g/mol. The maximum Gasteiger partial charge on any atom is 0.317 e. The Labute approximate surface area is 154 Å². The molecule has 0 bridgehead atoms. The summed E-state index contributed by atoms with van der Waals surface area (Å²) in [4.78, 5) is 14.7. The number of nitrogen functional groups attached to an aromatic ring is 1. The van der Waals surface area contributed by atoms with Crippen molar-refractivity contribution in [2.75, 3.05) is 6.54 Å². The number of carbonyl (C=O) groups excluding carboxylic acids is 1. The molecule has 0 saturated carbocycles. The zero-order valence-electron chi connectivity index (χ0n) is 14.9. The van der Waals surface area contributed by atoms with E-state index in [9.17, 15) is 4.79 Å². The highest BCUT2D eigenvalue weighted by atomic mass is 16.2. The Morgan fingerprint density at radius 2 is 1.81 bits per heavy atom. The zero-order chi connectivity index (χ0) is 18.4. The van der Waals surface area contributed by atoms with E-state index in [0.717, 1.165) is 31.4 Å². The lowest BCUT2D eigenvalue weighted by atomic mass is 9.96. The van der Waals surface area contributed by atoms with Gasteiger partial charge in [-0.15, -0.1) is 0 Å². The van der Waals surface area contributed by atoms with Crippen molar-refractivity contribution in [3.05, 3.63) is 71.3 Å². The molecule has 1 heterocycles. The number of amidine groups is 1. The summed E-state index contributed by atoms with van der Waals surface area (Å²) in [6.07, 6.45) is 4.19. The Balaban J connectivity index is 1.58. The Bertz CT molecular complexity index is 742. The fraction of sp³-hybridized carbons (Fsp3) is 0.333. The summed E-state index contributed by atoms with van der Waals surface area (Å²) in [5.41, 5.74) is 8.44. The molecule has 5 nitrogen and oxygen atoms in total. The van der Waals surface area contributed by atoms with Gasteiger partial charge in [-0.25, -0.2) is 4.79 Å². The predicted octanol–water partition coefficient (Wildman–Crippen LogP) is 3.28. The van der Waals surface area contributed by atoms with Crippen molar-refractivity contribution in [3.63, 3.8) is 0 Å². The van der Waals surface area contributed by atoms with Crippen LogP contribution in [0.25, 0.3) is 0 Å². The zero-order valence-corrected chi connectivity index (χ0v) is 14.9. The van der Waals surface area contributed by atoms with Crippen LogP contribution in [0.15, 0.2) is 54.6 Å². The molecule has 2 amide bonds. The van der Waals surface area contributed by atoms with Gasteiger partial charge < -0.3 is 16.0 Å². The normalized spacial score (nSPS) is 16.9. The molecule has 1 saturated heterocycles. The molecule has 0 aliphatic carbocycles. The maximum absolute atomic E-state index is 12.7. The SMILES string of the molecule is N=C(N)c1ccc(CNC(=O)N2CCCCC2Cc2ccccc2)cc1. The molecule has 1 atom stereocenters. The minimum atomic E-state index is 0.00118. The van der Waals surface area contributed by atoms with E-state index in [0.29, 0.717) is 12.1 Å². The van der Waals surface area contributed by atoms with E-state index in [-0.39, 0.29) is 17.9 Å². The van der Waals surface area contributed by atoms with E-state index in [1.165, 1.54) is 12.0 Å². The van der Waals surface area contributed by atoms with Crippen LogP contribution in [0.1, 0.15) is 36.0 Å². The molecular weight excluding hydrogens is 324 g/mol. The van der Waals surface area contributed by atoms with Gasteiger partial charge in [-0.3, -0.25) is 5.41 Å². The lowest BCUT2D eigenvalue weighted by Gasteiger charge is -2.36. The number of carbonyl (C=O) groups is 1. The highest BCUT2D eigenvalue weighted by Gasteiger charge is 2.26. The summed E-state index contributed by atoms with van der Waals surface area (Å²) in [6, 6.07) is 18.0. The minimum Gasteiger partial charge on any atom is -0.384 e. The van der Waals surface area contributed by atoms with Gasteiger partial charge >= 0.3 is 6.03 Å². The number of benzene rings is 2. The highest BCUT2D eigenvalue weighted by Crippen LogP contribution is 2.21. The van der Waals surface area contributed by atoms with E-state index < -0.39 is 0 Å². The number of nitrogens with one attached hydrogen (secondary N) is 2. The summed E-state index contributed by atoms with van der Waals surface area (Å²) < 4.78 is 0. The number of rotatable bonds is 5. The topological polar surface area (TPSA) is 82.2 Å². The van der Waals surface area contributed by atoms with Gasteiger partial charge in [0, 0.05) is 24.7 Å². The van der Waals surface area contributed by atoms with Gasteiger partial charge in [0.1, 0.15) is 5.84 Å². The summed E-state index contributed by atoms with van der Waals surface area (Å²) in [6.45, 7) is 1.29. The monoisotopic (exact) mass is 350 g/mol. The van der Waals surface area contributed by atoms with Gasteiger partial charge in [-0.1, -0.05) is 54.6 Å². The summed E-state index contributed by atoms with van der Waals surface area (Å²) in [7, 11) is 0. The number of urea groups is 1. The van der Waals surface area contributed by atoms with Gasteiger partial charge in [0.05, 0.1) is 0 Å². The number of nitrogens with zero attached hydrogens (tertiary/aromatic N) is 1. The third-order valence-corrected chi connectivity index (χ3v) is 4.91. The van der Waals surface area contributed by atoms with Gasteiger partial charge in [-0.05, 0) is 36.8 Å². The molecule has 26 heavy (non-hydrogen) atoms. The van der Waals surface area contributed by atoms with E-state index >= 15 is 0 Å². The second kappa shape index (κ2) is 8.52. The van der Waals surface area contributed by atoms with E-state index in [1.54, 1.807) is 0 Å². The van der Waals surface area contributed by atoms with Crippen LogP contribution in [0.4, 0.5) is 4.79 Å². The molecule has 1 aliphatic rings. The molecule has 2 aromatic rings. The Morgan fingerprint density at radius 3 is 2.50 bits per heavy atom. The predicted molar refractivity (Wildman–Crippen MR) is 104 cm³/mol. The largest absolute Gasteiger partial charge is 0.384 e. The number of hydrogen-bond donors (Lipinski definition) is 3. The number of amides is 2. The molecule has 136 valence electrons. The first-order valence-corrected chi connectivity index (χ1v) is 9.15.